The number of amides is 1. The molecule has 1 aliphatic heterocycles. The number of nitrogens with zero attached hydrogens (tertiary/aromatic N) is 3. The van der Waals surface area contributed by atoms with Crippen LogP contribution in [0.25, 0.3) is 10.9 Å². The quantitative estimate of drug-likeness (QED) is 0.570. The zero-order chi connectivity index (χ0) is 19.7. The lowest BCUT2D eigenvalue weighted by Gasteiger charge is -2.44. The molecule has 1 aliphatic carbocycles. The SMILES string of the molecule is CC(C)n1c(SCC(=O)N2CCC[C@H]3CCCC[C@H]32)nc2ccccc2c1=O. The van der Waals surface area contributed by atoms with Crippen LogP contribution < -0.4 is 5.56 Å². The topological polar surface area (TPSA) is 55.2 Å². The van der Waals surface area contributed by atoms with Gasteiger partial charge in [-0.25, -0.2) is 4.98 Å². The Kier molecular flexibility index (Phi) is 5.76. The first-order chi connectivity index (χ1) is 13.6. The summed E-state index contributed by atoms with van der Waals surface area (Å²) in [5.74, 6) is 1.23. The molecule has 0 unspecified atom stereocenters. The summed E-state index contributed by atoms with van der Waals surface area (Å²) in [6.07, 6.45) is 7.33. The van der Waals surface area contributed by atoms with E-state index in [-0.39, 0.29) is 17.5 Å². The number of piperidine rings is 1. The third kappa shape index (κ3) is 3.71. The number of likely N-dealkylation sites (tertiary alicyclic amines) is 1. The third-order valence-electron chi connectivity index (χ3n) is 6.18. The maximum atomic E-state index is 13.0. The van der Waals surface area contributed by atoms with Gasteiger partial charge >= 0.3 is 0 Å². The van der Waals surface area contributed by atoms with Gasteiger partial charge in [-0.2, -0.15) is 0 Å². The van der Waals surface area contributed by atoms with Crippen LogP contribution in [0, 0.1) is 5.92 Å². The molecule has 2 fully saturated rings. The molecule has 2 atom stereocenters. The van der Waals surface area contributed by atoms with Crippen LogP contribution >= 0.6 is 11.8 Å². The van der Waals surface area contributed by atoms with Crippen molar-refractivity contribution in [3.63, 3.8) is 0 Å². The lowest BCUT2D eigenvalue weighted by Crippen LogP contribution is -2.50. The van der Waals surface area contributed by atoms with Crippen molar-refractivity contribution in [2.24, 2.45) is 5.92 Å². The van der Waals surface area contributed by atoms with Gasteiger partial charge in [-0.05, 0) is 57.6 Å². The van der Waals surface area contributed by atoms with Gasteiger partial charge in [-0.15, -0.1) is 0 Å². The zero-order valence-corrected chi connectivity index (χ0v) is 17.6. The van der Waals surface area contributed by atoms with Gasteiger partial charge < -0.3 is 4.90 Å². The predicted octanol–water partition coefficient (Wildman–Crippen LogP) is 4.25. The van der Waals surface area contributed by atoms with Gasteiger partial charge in [0.2, 0.25) is 5.91 Å². The molecule has 2 aromatic rings. The van der Waals surface area contributed by atoms with E-state index in [0.29, 0.717) is 33.8 Å². The number of hydrogen-bond donors (Lipinski definition) is 0. The number of hydrogen-bond acceptors (Lipinski definition) is 4. The molecule has 1 amide bonds. The Bertz CT molecular complexity index is 922. The number of carbonyl (C=O) groups is 1. The molecule has 1 aromatic heterocycles. The highest BCUT2D eigenvalue weighted by molar-refractivity contribution is 7.99. The van der Waals surface area contributed by atoms with Gasteiger partial charge in [0.05, 0.1) is 16.7 Å². The Hall–Kier alpha value is -1.82. The molecule has 0 bridgehead atoms. The Labute approximate surface area is 170 Å². The van der Waals surface area contributed by atoms with Gasteiger partial charge in [0.15, 0.2) is 5.16 Å². The number of para-hydroxylation sites is 1. The van der Waals surface area contributed by atoms with Gasteiger partial charge in [0, 0.05) is 18.6 Å². The second kappa shape index (κ2) is 8.27. The van der Waals surface area contributed by atoms with E-state index in [2.05, 4.69) is 4.90 Å². The Balaban J connectivity index is 1.56. The average Bonchev–Trinajstić information content (AvgIpc) is 2.71. The van der Waals surface area contributed by atoms with Crippen molar-refractivity contribution in [2.75, 3.05) is 12.3 Å². The molecule has 4 rings (SSSR count). The summed E-state index contributed by atoms with van der Waals surface area (Å²) in [5, 5.41) is 1.28. The molecule has 2 aliphatic rings. The van der Waals surface area contributed by atoms with E-state index >= 15 is 0 Å². The van der Waals surface area contributed by atoms with E-state index < -0.39 is 0 Å². The molecule has 0 radical (unpaired) electrons. The minimum absolute atomic E-state index is 0.0000743. The second-order valence-corrected chi connectivity index (χ2v) is 9.25. The van der Waals surface area contributed by atoms with Gasteiger partial charge in [0.25, 0.3) is 5.56 Å². The van der Waals surface area contributed by atoms with Gasteiger partial charge in [0.1, 0.15) is 0 Å². The number of rotatable bonds is 4. The highest BCUT2D eigenvalue weighted by Crippen LogP contribution is 2.35. The minimum atomic E-state index is -0.0270. The first kappa shape index (κ1) is 19.5. The van der Waals surface area contributed by atoms with Crippen LogP contribution in [-0.2, 0) is 4.79 Å². The highest BCUT2D eigenvalue weighted by atomic mass is 32.2. The van der Waals surface area contributed by atoms with Gasteiger partial charge in [-0.3, -0.25) is 14.2 Å². The second-order valence-electron chi connectivity index (χ2n) is 8.31. The molecule has 5 nitrogen and oxygen atoms in total. The molecule has 1 saturated carbocycles. The number of fused-ring (bicyclic) bond motifs is 2. The monoisotopic (exact) mass is 399 g/mol. The summed E-state index contributed by atoms with van der Waals surface area (Å²) in [6, 6.07) is 7.87. The van der Waals surface area contributed by atoms with Gasteiger partial charge in [-0.1, -0.05) is 36.7 Å². The van der Waals surface area contributed by atoms with Crippen molar-refractivity contribution in [1.82, 2.24) is 14.5 Å². The standard InChI is InChI=1S/C22H29N3O2S/c1-15(2)25-21(27)17-10-4-5-11-18(17)23-22(25)28-14-20(26)24-13-7-9-16-8-3-6-12-19(16)24/h4-5,10-11,15-16,19H,3,6-9,12-14H2,1-2H3/t16-,19-/m1/s1. The first-order valence-corrected chi connectivity index (χ1v) is 11.5. The zero-order valence-electron chi connectivity index (χ0n) is 16.8. The Morgan fingerprint density at radius 2 is 1.93 bits per heavy atom. The lowest BCUT2D eigenvalue weighted by atomic mass is 9.78. The van der Waals surface area contributed by atoms with Crippen molar-refractivity contribution in [2.45, 2.75) is 69.6 Å². The molecular formula is C22H29N3O2S. The molecule has 0 spiro atoms. The number of thioether (sulfide) groups is 1. The van der Waals surface area contributed by atoms with Crippen LogP contribution in [0.2, 0.25) is 0 Å². The smallest absolute Gasteiger partial charge is 0.262 e. The molecular weight excluding hydrogens is 370 g/mol. The summed E-state index contributed by atoms with van der Waals surface area (Å²) in [5.41, 5.74) is 0.672. The Morgan fingerprint density at radius 3 is 2.75 bits per heavy atom. The average molecular weight is 400 g/mol. The van der Waals surface area contributed by atoms with E-state index in [9.17, 15) is 9.59 Å². The van der Waals surface area contributed by atoms with E-state index in [1.165, 1.54) is 37.4 Å². The van der Waals surface area contributed by atoms with E-state index in [4.69, 9.17) is 4.98 Å². The summed E-state index contributed by atoms with van der Waals surface area (Å²) in [6.45, 7) is 4.85. The van der Waals surface area contributed by atoms with E-state index in [0.717, 1.165) is 19.4 Å². The lowest BCUT2D eigenvalue weighted by molar-refractivity contribution is -0.134. The number of aromatic nitrogens is 2. The minimum Gasteiger partial charge on any atom is -0.339 e. The van der Waals surface area contributed by atoms with Crippen molar-refractivity contribution in [3.05, 3.63) is 34.6 Å². The third-order valence-corrected chi connectivity index (χ3v) is 7.12. The number of benzene rings is 1. The van der Waals surface area contributed by atoms with Crippen LogP contribution in [0.3, 0.4) is 0 Å². The van der Waals surface area contributed by atoms with Crippen LogP contribution in [0.1, 0.15) is 58.4 Å². The summed E-state index contributed by atoms with van der Waals surface area (Å²) >= 11 is 1.41. The summed E-state index contributed by atoms with van der Waals surface area (Å²) < 4.78 is 1.72. The fourth-order valence-corrected chi connectivity index (χ4v) is 5.84. The maximum Gasteiger partial charge on any atom is 0.262 e. The Morgan fingerprint density at radius 1 is 1.18 bits per heavy atom. The van der Waals surface area contributed by atoms with Crippen molar-refractivity contribution >= 4 is 28.6 Å². The molecule has 2 heterocycles. The highest BCUT2D eigenvalue weighted by Gasteiger charge is 2.35. The fourth-order valence-electron chi connectivity index (χ4n) is 4.83. The summed E-state index contributed by atoms with van der Waals surface area (Å²) in [7, 11) is 0. The largest absolute Gasteiger partial charge is 0.339 e. The van der Waals surface area contributed by atoms with E-state index in [1.807, 2.05) is 38.1 Å². The molecule has 0 N–H and O–H groups in total. The first-order valence-electron chi connectivity index (χ1n) is 10.5. The van der Waals surface area contributed by atoms with Crippen LogP contribution in [-0.4, -0.2) is 38.7 Å². The summed E-state index contributed by atoms with van der Waals surface area (Å²) in [4.78, 5) is 32.8. The van der Waals surface area contributed by atoms with Crippen molar-refractivity contribution < 1.29 is 4.79 Å². The van der Waals surface area contributed by atoms with Crippen molar-refractivity contribution in [3.8, 4) is 0 Å². The van der Waals surface area contributed by atoms with Crippen LogP contribution in [0.15, 0.2) is 34.2 Å². The van der Waals surface area contributed by atoms with Crippen LogP contribution in [0.4, 0.5) is 0 Å². The molecule has 150 valence electrons. The normalized spacial score (nSPS) is 22.5. The molecule has 1 saturated heterocycles. The van der Waals surface area contributed by atoms with Crippen LogP contribution in [0.5, 0.6) is 0 Å². The van der Waals surface area contributed by atoms with Crippen molar-refractivity contribution in [1.29, 1.82) is 0 Å². The molecule has 28 heavy (non-hydrogen) atoms. The molecule has 6 heteroatoms. The number of carbonyl (C=O) groups excluding carboxylic acids is 1. The van der Waals surface area contributed by atoms with E-state index in [1.54, 1.807) is 4.57 Å². The fraction of sp³-hybridized carbons (Fsp3) is 0.591. The maximum absolute atomic E-state index is 13.0. The predicted molar refractivity (Wildman–Crippen MR) is 114 cm³/mol. The molecule has 1 aromatic carbocycles.